The molecule has 2 aromatic carbocycles. The maximum Gasteiger partial charge on any atom is 0.310 e. The van der Waals surface area contributed by atoms with Crippen molar-refractivity contribution in [2.24, 2.45) is 0 Å². The van der Waals surface area contributed by atoms with Gasteiger partial charge in [-0.1, -0.05) is 12.1 Å². The van der Waals surface area contributed by atoms with E-state index in [0.717, 1.165) is 0 Å². The smallest absolute Gasteiger partial charge is 0.310 e. The highest BCUT2D eigenvalue weighted by Gasteiger charge is 2.31. The highest BCUT2D eigenvalue weighted by molar-refractivity contribution is 7.89. The highest BCUT2D eigenvalue weighted by Crippen LogP contribution is 2.29. The van der Waals surface area contributed by atoms with E-state index in [0.29, 0.717) is 17.1 Å². The molecule has 33 heavy (non-hydrogen) atoms. The van der Waals surface area contributed by atoms with Gasteiger partial charge in [0, 0.05) is 11.7 Å². The van der Waals surface area contributed by atoms with E-state index >= 15 is 0 Å². The fraction of sp³-hybridized carbons (Fsp3) is 0.318. The third-order valence-electron chi connectivity index (χ3n) is 4.56. The van der Waals surface area contributed by atoms with Crippen LogP contribution in [-0.2, 0) is 29.1 Å². The van der Waals surface area contributed by atoms with E-state index in [4.69, 9.17) is 9.47 Å². The van der Waals surface area contributed by atoms with Crippen molar-refractivity contribution in [3.05, 3.63) is 48.5 Å². The molecule has 3 N–H and O–H groups in total. The summed E-state index contributed by atoms with van der Waals surface area (Å²) < 4.78 is 37.5. The third kappa shape index (κ3) is 6.30. The lowest BCUT2D eigenvalue weighted by molar-refractivity contribution is -0.155. The van der Waals surface area contributed by atoms with Gasteiger partial charge in [0.05, 0.1) is 17.0 Å². The second-order valence-corrected chi connectivity index (χ2v) is 9.43. The minimum atomic E-state index is -3.65. The van der Waals surface area contributed by atoms with Crippen LogP contribution in [0.2, 0.25) is 0 Å². The molecule has 0 radical (unpaired) electrons. The Morgan fingerprint density at radius 1 is 1.09 bits per heavy atom. The molecule has 0 saturated heterocycles. The molecule has 0 bridgehead atoms. The van der Waals surface area contributed by atoms with Gasteiger partial charge < -0.3 is 20.1 Å². The van der Waals surface area contributed by atoms with Gasteiger partial charge in [-0.05, 0) is 57.2 Å². The number of nitrogens with one attached hydrogen (secondary N) is 3. The Balaban J connectivity index is 1.53. The minimum Gasteiger partial charge on any atom is -0.478 e. The van der Waals surface area contributed by atoms with Crippen molar-refractivity contribution in [2.45, 2.75) is 50.3 Å². The molecule has 1 aliphatic rings. The lowest BCUT2D eigenvalue weighted by Crippen LogP contribution is -2.40. The average Bonchev–Trinajstić information content (AvgIpc) is 2.73. The van der Waals surface area contributed by atoms with Crippen LogP contribution in [0.15, 0.2) is 53.4 Å². The first-order chi connectivity index (χ1) is 15.5. The normalized spacial score (nSPS) is 16.2. The number of fused-ring (bicyclic) bond motifs is 1. The standard InChI is InChI=1S/C22H25N3O7S/c1-13(2)25-33(29,30)16-10-8-15(9-11-16)23-21(27)14(3)31-20(26)12-19-22(28)24-17-6-4-5-7-18(17)32-19/h4-11,13-14,19,25H,12H2,1-3H3,(H,23,27)(H,24,28). The molecule has 10 nitrogen and oxygen atoms in total. The van der Waals surface area contributed by atoms with Gasteiger partial charge in [0.1, 0.15) is 5.75 Å². The quantitative estimate of drug-likeness (QED) is 0.496. The number of benzene rings is 2. The Labute approximate surface area is 191 Å². The van der Waals surface area contributed by atoms with Crippen LogP contribution in [0.5, 0.6) is 5.75 Å². The van der Waals surface area contributed by atoms with Crippen molar-refractivity contribution in [2.75, 3.05) is 10.6 Å². The molecule has 1 aliphatic heterocycles. The van der Waals surface area contributed by atoms with Crippen molar-refractivity contribution >= 4 is 39.2 Å². The summed E-state index contributed by atoms with van der Waals surface area (Å²) in [6, 6.07) is 12.1. The van der Waals surface area contributed by atoms with E-state index in [1.54, 1.807) is 38.1 Å². The van der Waals surface area contributed by atoms with Crippen molar-refractivity contribution in [1.29, 1.82) is 0 Å². The van der Waals surface area contributed by atoms with Gasteiger partial charge in [0.15, 0.2) is 12.2 Å². The molecule has 0 saturated carbocycles. The number of para-hydroxylation sites is 2. The number of sulfonamides is 1. The van der Waals surface area contributed by atoms with Crippen LogP contribution in [0, 0.1) is 0 Å². The number of hydrogen-bond acceptors (Lipinski definition) is 7. The van der Waals surface area contributed by atoms with Crippen LogP contribution in [-0.4, -0.2) is 44.5 Å². The zero-order valence-corrected chi connectivity index (χ0v) is 19.1. The summed E-state index contributed by atoms with van der Waals surface area (Å²) in [4.78, 5) is 36.8. The Bertz CT molecular complexity index is 1150. The fourth-order valence-corrected chi connectivity index (χ4v) is 4.27. The second-order valence-electron chi connectivity index (χ2n) is 7.72. The minimum absolute atomic E-state index is 0.0565. The van der Waals surface area contributed by atoms with Crippen LogP contribution < -0.4 is 20.1 Å². The maximum atomic E-state index is 12.4. The largest absolute Gasteiger partial charge is 0.478 e. The number of anilines is 2. The van der Waals surface area contributed by atoms with Crippen LogP contribution in [0.4, 0.5) is 11.4 Å². The van der Waals surface area contributed by atoms with Gasteiger partial charge in [-0.15, -0.1) is 0 Å². The Hall–Kier alpha value is -3.44. The summed E-state index contributed by atoms with van der Waals surface area (Å²) in [6.45, 7) is 4.80. The maximum absolute atomic E-state index is 12.4. The van der Waals surface area contributed by atoms with Crippen molar-refractivity contribution in [1.82, 2.24) is 4.72 Å². The molecule has 2 amide bonds. The van der Waals surface area contributed by atoms with Crippen LogP contribution in [0.3, 0.4) is 0 Å². The molecule has 176 valence electrons. The first-order valence-corrected chi connectivity index (χ1v) is 11.7. The van der Waals surface area contributed by atoms with E-state index in [1.807, 2.05) is 0 Å². The molecule has 11 heteroatoms. The van der Waals surface area contributed by atoms with Gasteiger partial charge in [-0.2, -0.15) is 0 Å². The monoisotopic (exact) mass is 475 g/mol. The molecule has 1 heterocycles. The van der Waals surface area contributed by atoms with Gasteiger partial charge in [-0.3, -0.25) is 14.4 Å². The third-order valence-corrected chi connectivity index (χ3v) is 6.23. The molecular formula is C22H25N3O7S. The van der Waals surface area contributed by atoms with E-state index in [1.165, 1.54) is 31.2 Å². The zero-order chi connectivity index (χ0) is 24.2. The predicted octanol–water partition coefficient (Wildman–Crippen LogP) is 2.03. The number of ether oxygens (including phenoxy) is 2. The first kappa shape index (κ1) is 24.2. The number of hydrogen-bond donors (Lipinski definition) is 3. The SMILES string of the molecule is CC(C)NS(=O)(=O)c1ccc(NC(=O)C(C)OC(=O)CC2Oc3ccccc3NC2=O)cc1. The summed E-state index contributed by atoms with van der Waals surface area (Å²) in [6.07, 6.45) is -2.59. The number of rotatable bonds is 8. The lowest BCUT2D eigenvalue weighted by Gasteiger charge is -2.25. The molecule has 0 fully saturated rings. The van der Waals surface area contributed by atoms with Gasteiger partial charge in [0.25, 0.3) is 11.8 Å². The first-order valence-electron chi connectivity index (χ1n) is 10.2. The van der Waals surface area contributed by atoms with Gasteiger partial charge in [-0.25, -0.2) is 13.1 Å². The Morgan fingerprint density at radius 3 is 2.42 bits per heavy atom. The molecule has 3 rings (SSSR count). The summed E-state index contributed by atoms with van der Waals surface area (Å²) in [5.74, 6) is -1.43. The summed E-state index contributed by atoms with van der Waals surface area (Å²) in [5.41, 5.74) is 0.844. The van der Waals surface area contributed by atoms with Crippen molar-refractivity contribution in [3.8, 4) is 5.75 Å². The van der Waals surface area contributed by atoms with Crippen LogP contribution in [0.25, 0.3) is 0 Å². The Morgan fingerprint density at radius 2 is 1.76 bits per heavy atom. The van der Waals surface area contributed by atoms with E-state index in [9.17, 15) is 22.8 Å². The second kappa shape index (κ2) is 10.0. The zero-order valence-electron chi connectivity index (χ0n) is 18.3. The number of esters is 1. The number of amides is 2. The van der Waals surface area contributed by atoms with Crippen LogP contribution >= 0.6 is 0 Å². The molecular weight excluding hydrogens is 450 g/mol. The topological polar surface area (TPSA) is 140 Å². The van der Waals surface area contributed by atoms with Gasteiger partial charge in [0.2, 0.25) is 10.0 Å². The number of carbonyl (C=O) groups excluding carboxylic acids is 3. The van der Waals surface area contributed by atoms with E-state index in [-0.39, 0.29) is 17.4 Å². The molecule has 2 unspecified atom stereocenters. The van der Waals surface area contributed by atoms with E-state index in [2.05, 4.69) is 15.4 Å². The molecule has 2 atom stereocenters. The van der Waals surface area contributed by atoms with Crippen molar-refractivity contribution in [3.63, 3.8) is 0 Å². The predicted molar refractivity (Wildman–Crippen MR) is 120 cm³/mol. The molecule has 2 aromatic rings. The summed E-state index contributed by atoms with van der Waals surface area (Å²) >= 11 is 0. The average molecular weight is 476 g/mol. The summed E-state index contributed by atoms with van der Waals surface area (Å²) in [7, 11) is -3.65. The molecule has 0 aliphatic carbocycles. The highest BCUT2D eigenvalue weighted by atomic mass is 32.2. The number of carbonyl (C=O) groups is 3. The van der Waals surface area contributed by atoms with Crippen molar-refractivity contribution < 1.29 is 32.3 Å². The summed E-state index contributed by atoms with van der Waals surface area (Å²) in [5, 5.41) is 5.20. The lowest BCUT2D eigenvalue weighted by atomic mass is 10.1. The molecule has 0 spiro atoms. The van der Waals surface area contributed by atoms with E-state index < -0.39 is 40.0 Å². The fourth-order valence-electron chi connectivity index (χ4n) is 3.02. The molecule has 0 aromatic heterocycles. The van der Waals surface area contributed by atoms with Gasteiger partial charge >= 0.3 is 5.97 Å². The van der Waals surface area contributed by atoms with Crippen LogP contribution in [0.1, 0.15) is 27.2 Å². The Kier molecular flexibility index (Phi) is 7.34.